The van der Waals surface area contributed by atoms with E-state index in [2.05, 4.69) is 4.99 Å². The van der Waals surface area contributed by atoms with Crippen molar-refractivity contribution < 1.29 is 0 Å². The fourth-order valence-corrected chi connectivity index (χ4v) is 0.179. The van der Waals surface area contributed by atoms with Gasteiger partial charge in [0.15, 0.2) is 0 Å². The van der Waals surface area contributed by atoms with Crippen LogP contribution in [-0.2, 0) is 0 Å². The van der Waals surface area contributed by atoms with Gasteiger partial charge in [-0.15, -0.1) is 0 Å². The van der Waals surface area contributed by atoms with Crippen LogP contribution in [-0.4, -0.2) is 12.6 Å². The minimum atomic E-state index is 1.00. The number of nitrogens with zero attached hydrogens (tertiary/aromatic N) is 1. The summed E-state index contributed by atoms with van der Waals surface area (Å²) in [6.07, 6.45) is 6.19. The Balaban J connectivity index is -0.000000138. The first-order valence-corrected chi connectivity index (χ1v) is 4.05. The molecule has 0 radical (unpaired) electrons. The molecule has 0 spiro atoms. The first-order chi connectivity index (χ1) is 5.41. The van der Waals surface area contributed by atoms with E-state index in [1.54, 1.807) is 12.3 Å². The summed E-state index contributed by atoms with van der Waals surface area (Å²) in [4.78, 5) is 3.49. The Morgan fingerprint density at radius 2 is 1.55 bits per heavy atom. The van der Waals surface area contributed by atoms with Gasteiger partial charge in [0.2, 0.25) is 0 Å². The number of nitrogens with one attached hydrogen (secondary N) is 1. The maximum Gasteiger partial charge on any atom is 0.106 e. The molecule has 2 nitrogen and oxygen atoms in total. The molecule has 0 aliphatic carbocycles. The molecule has 0 aromatic heterocycles. The fourth-order valence-electron chi connectivity index (χ4n) is 0.179. The van der Waals surface area contributed by atoms with Crippen molar-refractivity contribution in [2.24, 2.45) is 4.99 Å². The molecule has 0 heterocycles. The summed E-state index contributed by atoms with van der Waals surface area (Å²) in [6, 6.07) is 0. The van der Waals surface area contributed by atoms with Gasteiger partial charge in [-0.25, -0.2) is 4.99 Å². The van der Waals surface area contributed by atoms with Crippen molar-refractivity contribution in [2.75, 3.05) is 0 Å². The molecule has 0 aromatic carbocycles. The summed E-state index contributed by atoms with van der Waals surface area (Å²) in [6.45, 7) is 9.90. The number of hydrogen-bond acceptors (Lipinski definition) is 1. The lowest BCUT2D eigenvalue weighted by Crippen LogP contribution is -1.61. The zero-order valence-corrected chi connectivity index (χ0v) is 8.26. The minimum Gasteiger partial charge on any atom is -0.290 e. The zero-order chi connectivity index (χ0) is 9.54. The Bertz CT molecular complexity index is 93.7. The van der Waals surface area contributed by atoms with Crippen molar-refractivity contribution in [3.8, 4) is 0 Å². The van der Waals surface area contributed by atoms with Crippen molar-refractivity contribution in [3.63, 3.8) is 0 Å². The van der Waals surface area contributed by atoms with Crippen molar-refractivity contribution in [2.45, 2.75) is 34.6 Å². The highest BCUT2D eigenvalue weighted by Gasteiger charge is 1.53. The molecule has 0 unspecified atom stereocenters. The zero-order valence-electron chi connectivity index (χ0n) is 8.26. The van der Waals surface area contributed by atoms with Crippen LogP contribution >= 0.6 is 0 Å². The van der Waals surface area contributed by atoms with E-state index < -0.39 is 0 Å². The maximum atomic E-state index is 6.42. The second-order valence-corrected chi connectivity index (χ2v) is 0.953. The highest BCUT2D eigenvalue weighted by Crippen LogP contribution is 1.61. The summed E-state index contributed by atoms with van der Waals surface area (Å²) >= 11 is 0. The normalized spacial score (nSPS) is 8.09. The third kappa shape index (κ3) is 48.0. The van der Waals surface area contributed by atoms with Crippen molar-refractivity contribution in [1.29, 1.82) is 5.41 Å². The molecule has 0 aliphatic heterocycles. The van der Waals surface area contributed by atoms with Gasteiger partial charge in [0.1, 0.15) is 6.34 Å². The Hall–Kier alpha value is -0.920. The number of hydrogen-bond donors (Lipinski definition) is 1. The van der Waals surface area contributed by atoms with Crippen molar-refractivity contribution >= 4 is 12.6 Å². The van der Waals surface area contributed by atoms with Gasteiger partial charge < -0.3 is 0 Å². The number of rotatable bonds is 2. The summed E-state index contributed by atoms with van der Waals surface area (Å²) in [5, 5.41) is 6.42. The molecular formula is C9H20N2. The molecule has 0 fully saturated rings. The van der Waals surface area contributed by atoms with Crippen LogP contribution in [0.15, 0.2) is 17.1 Å². The van der Waals surface area contributed by atoms with E-state index in [0.717, 1.165) is 6.34 Å². The molecule has 2 heteroatoms. The Labute approximate surface area is 70.6 Å². The standard InChI is InChI=1S/C5H8N2.2C2H6/c1-2-3-4-7-5-6;2*1-2/h2-6H,1H3;2*1-2H3/b3-2-,6-5?,7-4?;;. The molecule has 0 atom stereocenters. The first-order valence-electron chi connectivity index (χ1n) is 4.05. The van der Waals surface area contributed by atoms with E-state index in [1.165, 1.54) is 0 Å². The van der Waals surface area contributed by atoms with Crippen LogP contribution in [0.2, 0.25) is 0 Å². The summed E-state index contributed by atoms with van der Waals surface area (Å²) < 4.78 is 0. The van der Waals surface area contributed by atoms with E-state index in [-0.39, 0.29) is 0 Å². The molecule has 0 saturated carbocycles. The van der Waals surface area contributed by atoms with Gasteiger partial charge in [-0.1, -0.05) is 33.8 Å². The third-order valence-corrected chi connectivity index (χ3v) is 0.439. The molecule has 0 bridgehead atoms. The lowest BCUT2D eigenvalue weighted by molar-refractivity contribution is 1.50. The summed E-state index contributed by atoms with van der Waals surface area (Å²) in [5.74, 6) is 0. The van der Waals surface area contributed by atoms with Crippen LogP contribution in [0.3, 0.4) is 0 Å². The Kier molecular flexibility index (Phi) is 53.7. The lowest BCUT2D eigenvalue weighted by Gasteiger charge is -1.65. The topological polar surface area (TPSA) is 36.2 Å². The van der Waals surface area contributed by atoms with Crippen LogP contribution in [0, 0.1) is 5.41 Å². The van der Waals surface area contributed by atoms with Gasteiger partial charge in [-0.2, -0.15) is 0 Å². The van der Waals surface area contributed by atoms with E-state index in [9.17, 15) is 0 Å². The molecule has 0 aliphatic rings. The van der Waals surface area contributed by atoms with E-state index in [4.69, 9.17) is 5.41 Å². The molecule has 0 saturated heterocycles. The van der Waals surface area contributed by atoms with Crippen molar-refractivity contribution in [1.82, 2.24) is 0 Å². The van der Waals surface area contributed by atoms with E-state index in [0.29, 0.717) is 0 Å². The van der Waals surface area contributed by atoms with Gasteiger partial charge >= 0.3 is 0 Å². The van der Waals surface area contributed by atoms with Crippen LogP contribution < -0.4 is 0 Å². The molecule has 11 heavy (non-hydrogen) atoms. The second kappa shape index (κ2) is 35.6. The minimum absolute atomic E-state index is 1.00. The van der Waals surface area contributed by atoms with Gasteiger partial charge in [0, 0.05) is 6.21 Å². The summed E-state index contributed by atoms with van der Waals surface area (Å²) in [5.41, 5.74) is 0. The third-order valence-electron chi connectivity index (χ3n) is 0.439. The van der Waals surface area contributed by atoms with Gasteiger partial charge in [-0.3, -0.25) is 5.41 Å². The van der Waals surface area contributed by atoms with Gasteiger partial charge in [0.25, 0.3) is 0 Å². The molecule has 66 valence electrons. The summed E-state index contributed by atoms with van der Waals surface area (Å²) in [7, 11) is 0. The second-order valence-electron chi connectivity index (χ2n) is 0.953. The van der Waals surface area contributed by atoms with Crippen LogP contribution in [0.25, 0.3) is 0 Å². The van der Waals surface area contributed by atoms with Crippen LogP contribution in [0.1, 0.15) is 34.6 Å². The van der Waals surface area contributed by atoms with E-state index in [1.807, 2.05) is 40.7 Å². The monoisotopic (exact) mass is 156 g/mol. The van der Waals surface area contributed by atoms with Gasteiger partial charge in [0.05, 0.1) is 0 Å². The number of aliphatic imine (C=N–C) groups is 1. The largest absolute Gasteiger partial charge is 0.290 e. The highest BCUT2D eigenvalue weighted by atomic mass is 14.7. The molecule has 0 rings (SSSR count). The average Bonchev–Trinajstić information content (AvgIpc) is 2.13. The Morgan fingerprint density at radius 3 is 1.82 bits per heavy atom. The smallest absolute Gasteiger partial charge is 0.106 e. The van der Waals surface area contributed by atoms with Gasteiger partial charge in [-0.05, 0) is 13.0 Å². The fraction of sp³-hybridized carbons (Fsp3) is 0.556. The first kappa shape index (κ1) is 16.6. The van der Waals surface area contributed by atoms with Crippen LogP contribution in [0.5, 0.6) is 0 Å². The predicted molar refractivity (Wildman–Crippen MR) is 54.8 cm³/mol. The average molecular weight is 156 g/mol. The predicted octanol–water partition coefficient (Wildman–Crippen LogP) is 3.29. The number of allylic oxidation sites excluding steroid dienone is 2. The molecular weight excluding hydrogens is 136 g/mol. The quantitative estimate of drug-likeness (QED) is 0.470. The maximum absolute atomic E-state index is 6.42. The molecule has 0 amide bonds. The Morgan fingerprint density at radius 1 is 1.09 bits per heavy atom. The highest BCUT2D eigenvalue weighted by molar-refractivity contribution is 5.78. The molecule has 0 aromatic rings. The van der Waals surface area contributed by atoms with Crippen LogP contribution in [0.4, 0.5) is 0 Å². The molecule has 1 N–H and O–H groups in total. The van der Waals surface area contributed by atoms with Crippen molar-refractivity contribution in [3.05, 3.63) is 12.2 Å². The SMILES string of the molecule is C/C=C\C=NC=N.CC.CC. The van der Waals surface area contributed by atoms with E-state index >= 15 is 0 Å². The lowest BCUT2D eigenvalue weighted by atomic mass is 10.6.